The molecule has 0 radical (unpaired) electrons. The van der Waals surface area contributed by atoms with Gasteiger partial charge in [-0.2, -0.15) is 0 Å². The third-order valence-corrected chi connectivity index (χ3v) is 10.6. The second-order valence-corrected chi connectivity index (χ2v) is 12.9. The van der Waals surface area contributed by atoms with Gasteiger partial charge in [-0.15, -0.1) is 0 Å². The lowest BCUT2D eigenvalue weighted by molar-refractivity contribution is -0.145. The fraction of sp³-hybridized carbons (Fsp3) is 0.656. The number of aryl methyl sites for hydroxylation is 2. The number of rotatable bonds is 5. The van der Waals surface area contributed by atoms with Crippen LogP contribution in [0.1, 0.15) is 76.3 Å². The van der Waals surface area contributed by atoms with Gasteiger partial charge in [-0.25, -0.2) is 0 Å². The summed E-state index contributed by atoms with van der Waals surface area (Å²) in [6, 6.07) is 5.19. The van der Waals surface area contributed by atoms with E-state index in [1.807, 2.05) is 49.1 Å². The number of hydrogen-bond acceptors (Lipinski definition) is 4. The number of fused-ring (bicyclic) bond motifs is 1. The number of likely N-dealkylation sites (tertiary alicyclic amines) is 1. The Bertz CT molecular complexity index is 1190. The molecule has 7 heteroatoms. The molecule has 8 atom stereocenters. The first kappa shape index (κ1) is 26.5. The summed E-state index contributed by atoms with van der Waals surface area (Å²) in [4.78, 5) is 44.1. The Balaban J connectivity index is 1.31. The Hall–Kier alpha value is -2.67. The molecule has 2 aliphatic carbocycles. The van der Waals surface area contributed by atoms with E-state index in [0.29, 0.717) is 17.5 Å². The minimum atomic E-state index is -1.10. The molecule has 2 N–H and O–H groups in total. The number of nitrogens with zero attached hydrogens (tertiary/aromatic N) is 1. The van der Waals surface area contributed by atoms with Crippen LogP contribution in [0.2, 0.25) is 0 Å². The average molecular weight is 534 g/mol. The first-order valence-corrected chi connectivity index (χ1v) is 15.1. The molecule has 1 aromatic carbocycles. The second-order valence-electron chi connectivity index (χ2n) is 12.9. The fourth-order valence-electron chi connectivity index (χ4n) is 8.05. The van der Waals surface area contributed by atoms with E-state index in [-0.39, 0.29) is 29.8 Å². The highest BCUT2D eigenvalue weighted by Crippen LogP contribution is 2.56. The molecule has 4 fully saturated rings. The van der Waals surface area contributed by atoms with E-state index < -0.39 is 29.6 Å². The molecule has 2 saturated carbocycles. The smallest absolute Gasteiger partial charge is 0.246 e. The third-order valence-electron chi connectivity index (χ3n) is 10.6. The highest BCUT2D eigenvalue weighted by atomic mass is 16.5. The van der Waals surface area contributed by atoms with E-state index in [1.165, 1.54) is 6.42 Å². The number of ether oxygens (including phenoxy) is 1. The van der Waals surface area contributed by atoms with Crippen molar-refractivity contribution >= 4 is 23.4 Å². The molecule has 3 amide bonds. The zero-order valence-electron chi connectivity index (χ0n) is 23.7. The van der Waals surface area contributed by atoms with Gasteiger partial charge in [0.25, 0.3) is 0 Å². The summed E-state index contributed by atoms with van der Waals surface area (Å²) >= 11 is 0. The lowest BCUT2D eigenvalue weighted by Crippen LogP contribution is -2.59. The first-order chi connectivity index (χ1) is 18.7. The summed E-state index contributed by atoms with van der Waals surface area (Å²) in [7, 11) is 0. The number of hydrogen-bond donors (Lipinski definition) is 2. The lowest BCUT2D eigenvalue weighted by atomic mass is 9.73. The Morgan fingerprint density at radius 2 is 1.74 bits per heavy atom. The summed E-state index contributed by atoms with van der Waals surface area (Å²) < 4.78 is 6.57. The summed E-state index contributed by atoms with van der Waals surface area (Å²) in [5.74, 6) is -0.869. The number of carbonyl (C=O) groups is 3. The second kappa shape index (κ2) is 10.1. The zero-order valence-corrected chi connectivity index (χ0v) is 23.7. The molecule has 6 rings (SSSR count). The lowest BCUT2D eigenvalue weighted by Gasteiger charge is -2.40. The molecular formula is C32H43N3O4. The van der Waals surface area contributed by atoms with Gasteiger partial charge in [0.05, 0.1) is 17.9 Å². The van der Waals surface area contributed by atoms with Crippen LogP contribution in [0.3, 0.4) is 0 Å². The molecule has 3 heterocycles. The number of nitrogens with one attached hydrogen (secondary N) is 2. The maximum Gasteiger partial charge on any atom is 0.246 e. The van der Waals surface area contributed by atoms with Crippen LogP contribution in [0.15, 0.2) is 30.4 Å². The van der Waals surface area contributed by atoms with Crippen LogP contribution in [-0.4, -0.2) is 52.5 Å². The summed E-state index contributed by atoms with van der Waals surface area (Å²) in [6.45, 7) is 8.53. The molecule has 0 aromatic heterocycles. The Kier molecular flexibility index (Phi) is 6.85. The quantitative estimate of drug-likeness (QED) is 0.539. The predicted octanol–water partition coefficient (Wildman–Crippen LogP) is 4.67. The van der Waals surface area contributed by atoms with Gasteiger partial charge in [-0.1, -0.05) is 64.2 Å². The Morgan fingerprint density at radius 1 is 0.974 bits per heavy atom. The summed E-state index contributed by atoms with van der Waals surface area (Å²) in [5, 5.41) is 6.43. The van der Waals surface area contributed by atoms with Gasteiger partial charge in [0.2, 0.25) is 17.7 Å². The van der Waals surface area contributed by atoms with E-state index in [1.54, 1.807) is 0 Å². The van der Waals surface area contributed by atoms with Crippen LogP contribution in [-0.2, 0) is 19.1 Å². The number of carbonyl (C=O) groups excluding carboxylic acids is 3. The molecule has 5 aliphatic rings. The molecule has 0 unspecified atom stereocenters. The van der Waals surface area contributed by atoms with E-state index in [4.69, 9.17) is 4.74 Å². The molecule has 7 nitrogen and oxygen atoms in total. The van der Waals surface area contributed by atoms with Gasteiger partial charge in [0.1, 0.15) is 11.6 Å². The van der Waals surface area contributed by atoms with Crippen molar-refractivity contribution in [2.45, 2.75) is 109 Å². The van der Waals surface area contributed by atoms with E-state index in [2.05, 4.69) is 24.5 Å². The largest absolute Gasteiger partial charge is 0.359 e. The highest BCUT2D eigenvalue weighted by Gasteiger charge is 2.73. The third kappa shape index (κ3) is 4.32. The van der Waals surface area contributed by atoms with Gasteiger partial charge in [-0.05, 0) is 68.2 Å². The van der Waals surface area contributed by atoms with Gasteiger partial charge in [0.15, 0.2) is 0 Å². The molecule has 2 bridgehead atoms. The Morgan fingerprint density at radius 3 is 2.49 bits per heavy atom. The van der Waals surface area contributed by atoms with Gasteiger partial charge >= 0.3 is 0 Å². The van der Waals surface area contributed by atoms with Crippen molar-refractivity contribution in [3.05, 3.63) is 41.5 Å². The number of benzene rings is 1. The minimum absolute atomic E-state index is 0.00388. The van der Waals surface area contributed by atoms with Gasteiger partial charge < -0.3 is 20.3 Å². The monoisotopic (exact) mass is 533 g/mol. The van der Waals surface area contributed by atoms with Crippen molar-refractivity contribution in [3.8, 4) is 0 Å². The first-order valence-electron chi connectivity index (χ1n) is 15.1. The van der Waals surface area contributed by atoms with Crippen molar-refractivity contribution in [2.24, 2.45) is 23.7 Å². The maximum absolute atomic E-state index is 14.3. The van der Waals surface area contributed by atoms with E-state index >= 15 is 0 Å². The number of amides is 3. The molecule has 2 saturated heterocycles. The van der Waals surface area contributed by atoms with Crippen molar-refractivity contribution in [2.75, 3.05) is 5.32 Å². The molecule has 210 valence electrons. The van der Waals surface area contributed by atoms with Crippen LogP contribution in [0.5, 0.6) is 0 Å². The summed E-state index contributed by atoms with van der Waals surface area (Å²) in [6.07, 6.45) is 11.6. The molecule has 3 aliphatic heterocycles. The van der Waals surface area contributed by atoms with E-state index in [0.717, 1.165) is 56.1 Å². The van der Waals surface area contributed by atoms with Crippen molar-refractivity contribution in [1.82, 2.24) is 10.2 Å². The van der Waals surface area contributed by atoms with Gasteiger partial charge in [0, 0.05) is 17.8 Å². The Labute approximate surface area is 232 Å². The van der Waals surface area contributed by atoms with Gasteiger partial charge in [-0.3, -0.25) is 14.4 Å². The van der Waals surface area contributed by atoms with Crippen LogP contribution in [0.4, 0.5) is 5.69 Å². The van der Waals surface area contributed by atoms with Crippen LogP contribution >= 0.6 is 0 Å². The van der Waals surface area contributed by atoms with Crippen molar-refractivity contribution in [1.29, 1.82) is 0 Å². The highest BCUT2D eigenvalue weighted by molar-refractivity contribution is 6.03. The zero-order chi connectivity index (χ0) is 27.5. The normalized spacial score (nSPS) is 37.7. The maximum atomic E-state index is 14.3. The van der Waals surface area contributed by atoms with Crippen molar-refractivity contribution < 1.29 is 19.1 Å². The summed E-state index contributed by atoms with van der Waals surface area (Å²) in [5.41, 5.74) is 1.87. The SMILES string of the molecule is Cc1ccc(NC(=O)[C@@H]2[C@@H]3C=C[C@]4(O3)[C@@H]2C(=O)N(C2CCCCC2)[C@H]4C(=O)N[C@@H]2CCC[C@@H](C)[C@@H]2C)cc1C. The standard InChI is InChI=1S/C32H43N3O4/c1-18-13-14-22(17-20(18)3)33-29(36)26-25-15-16-32(39-25)27(26)31(38)35(23-10-6-5-7-11-23)28(32)30(37)34-24-12-8-9-19(2)21(24)4/h13-17,19,21,23-28H,5-12H2,1-4H3,(H,33,36)(H,34,37)/t19-,21+,24-,25+,26-,27+,28+,32+/m1/s1. The fourth-order valence-corrected chi connectivity index (χ4v) is 8.05. The minimum Gasteiger partial charge on any atom is -0.359 e. The van der Waals surface area contributed by atoms with Crippen molar-refractivity contribution in [3.63, 3.8) is 0 Å². The van der Waals surface area contributed by atoms with Crippen LogP contribution < -0.4 is 10.6 Å². The molecule has 1 spiro atoms. The average Bonchev–Trinajstić information content (AvgIpc) is 3.56. The molecule has 1 aromatic rings. The topological polar surface area (TPSA) is 87.7 Å². The van der Waals surface area contributed by atoms with Crippen LogP contribution in [0.25, 0.3) is 0 Å². The number of anilines is 1. The molecule has 39 heavy (non-hydrogen) atoms. The predicted molar refractivity (Wildman–Crippen MR) is 150 cm³/mol. The molecular weight excluding hydrogens is 490 g/mol. The van der Waals surface area contributed by atoms with Crippen LogP contribution in [0, 0.1) is 37.5 Å². The van der Waals surface area contributed by atoms with E-state index in [9.17, 15) is 14.4 Å².